The van der Waals surface area contributed by atoms with Crippen LogP contribution in [0.2, 0.25) is 0 Å². The van der Waals surface area contributed by atoms with Crippen LogP contribution in [0, 0.1) is 0 Å². The van der Waals surface area contributed by atoms with Gasteiger partial charge in [-0.05, 0) is 36.8 Å². The van der Waals surface area contributed by atoms with Gasteiger partial charge in [-0.3, -0.25) is 14.5 Å². The number of urea groups is 1. The first-order valence-corrected chi connectivity index (χ1v) is 8.07. The van der Waals surface area contributed by atoms with Gasteiger partial charge in [-0.1, -0.05) is 30.3 Å². The number of methoxy groups -OCH3 is 1. The van der Waals surface area contributed by atoms with E-state index < -0.39 is 23.4 Å². The van der Waals surface area contributed by atoms with Gasteiger partial charge >= 0.3 is 6.03 Å². The first-order chi connectivity index (χ1) is 12.4. The molecule has 1 heterocycles. The summed E-state index contributed by atoms with van der Waals surface area (Å²) >= 11 is 0. The van der Waals surface area contributed by atoms with Gasteiger partial charge in [0.05, 0.1) is 7.11 Å². The van der Waals surface area contributed by atoms with E-state index >= 15 is 0 Å². The summed E-state index contributed by atoms with van der Waals surface area (Å²) in [6, 6.07) is 15.1. The molecular formula is C19H19N3O4. The average molecular weight is 353 g/mol. The lowest BCUT2D eigenvalue weighted by molar-refractivity contribution is -0.133. The normalized spacial score (nSPS) is 19.2. The highest BCUT2D eigenvalue weighted by molar-refractivity contribution is 6.10. The van der Waals surface area contributed by atoms with E-state index in [2.05, 4.69) is 10.6 Å². The minimum atomic E-state index is -1.18. The van der Waals surface area contributed by atoms with Crippen LogP contribution < -0.4 is 15.4 Å². The predicted molar refractivity (Wildman–Crippen MR) is 95.7 cm³/mol. The molecular weight excluding hydrogens is 334 g/mol. The molecule has 2 N–H and O–H groups in total. The van der Waals surface area contributed by atoms with Gasteiger partial charge in [0, 0.05) is 5.69 Å². The SMILES string of the molecule is COc1ccc(NC(=O)CN2C(=O)N[C@](C)(c3ccccc3)C2=O)cc1. The Morgan fingerprint density at radius 2 is 1.77 bits per heavy atom. The Hall–Kier alpha value is -3.35. The van der Waals surface area contributed by atoms with Crippen LogP contribution in [0.1, 0.15) is 12.5 Å². The predicted octanol–water partition coefficient (Wildman–Crippen LogP) is 2.10. The molecule has 26 heavy (non-hydrogen) atoms. The van der Waals surface area contributed by atoms with Gasteiger partial charge in [0.1, 0.15) is 17.8 Å². The molecule has 1 fully saturated rings. The van der Waals surface area contributed by atoms with Crippen molar-refractivity contribution in [1.82, 2.24) is 10.2 Å². The minimum Gasteiger partial charge on any atom is -0.497 e. The van der Waals surface area contributed by atoms with Crippen molar-refractivity contribution in [3.05, 3.63) is 60.2 Å². The summed E-state index contributed by atoms with van der Waals surface area (Å²) in [6.07, 6.45) is 0. The number of anilines is 1. The van der Waals surface area contributed by atoms with E-state index in [-0.39, 0.29) is 6.54 Å². The van der Waals surface area contributed by atoms with Crippen molar-refractivity contribution >= 4 is 23.5 Å². The molecule has 0 spiro atoms. The number of nitrogens with one attached hydrogen (secondary N) is 2. The number of imide groups is 1. The summed E-state index contributed by atoms with van der Waals surface area (Å²) in [5, 5.41) is 5.33. The fourth-order valence-corrected chi connectivity index (χ4v) is 2.83. The van der Waals surface area contributed by atoms with E-state index in [0.29, 0.717) is 17.0 Å². The Morgan fingerprint density at radius 1 is 1.12 bits per heavy atom. The maximum absolute atomic E-state index is 12.8. The summed E-state index contributed by atoms with van der Waals surface area (Å²) < 4.78 is 5.06. The second kappa shape index (κ2) is 6.87. The van der Waals surface area contributed by atoms with Gasteiger partial charge in [-0.2, -0.15) is 0 Å². The van der Waals surface area contributed by atoms with Crippen molar-refractivity contribution in [2.45, 2.75) is 12.5 Å². The molecule has 3 rings (SSSR count). The second-order valence-corrected chi connectivity index (χ2v) is 6.09. The Morgan fingerprint density at radius 3 is 2.38 bits per heavy atom. The average Bonchev–Trinajstić information content (AvgIpc) is 2.87. The fourth-order valence-electron chi connectivity index (χ4n) is 2.83. The van der Waals surface area contributed by atoms with Gasteiger partial charge in [0.15, 0.2) is 0 Å². The number of hydrogen-bond acceptors (Lipinski definition) is 4. The maximum atomic E-state index is 12.8. The third-order valence-corrected chi connectivity index (χ3v) is 4.30. The number of carbonyl (C=O) groups is 3. The molecule has 2 aromatic rings. The molecule has 0 aliphatic carbocycles. The third kappa shape index (κ3) is 3.23. The molecule has 4 amide bonds. The number of nitrogens with zero attached hydrogens (tertiary/aromatic N) is 1. The van der Waals surface area contributed by atoms with Crippen LogP contribution >= 0.6 is 0 Å². The summed E-state index contributed by atoms with van der Waals surface area (Å²) in [7, 11) is 1.55. The van der Waals surface area contributed by atoms with Crippen LogP contribution in [0.15, 0.2) is 54.6 Å². The van der Waals surface area contributed by atoms with Crippen molar-refractivity contribution in [2.75, 3.05) is 19.0 Å². The number of ether oxygens (including phenoxy) is 1. The van der Waals surface area contributed by atoms with E-state index in [9.17, 15) is 14.4 Å². The Kier molecular flexibility index (Phi) is 4.62. The van der Waals surface area contributed by atoms with Gasteiger partial charge in [-0.25, -0.2) is 4.79 Å². The zero-order valence-electron chi connectivity index (χ0n) is 14.5. The molecule has 0 bridgehead atoms. The quantitative estimate of drug-likeness (QED) is 0.806. The molecule has 1 saturated heterocycles. The zero-order chi connectivity index (χ0) is 18.7. The summed E-state index contributed by atoms with van der Waals surface area (Å²) in [5.41, 5.74) is 0.0312. The van der Waals surface area contributed by atoms with E-state index in [1.54, 1.807) is 62.6 Å². The van der Waals surface area contributed by atoms with Gasteiger partial charge in [-0.15, -0.1) is 0 Å². The highest BCUT2D eigenvalue weighted by Gasteiger charge is 2.49. The molecule has 7 heteroatoms. The largest absolute Gasteiger partial charge is 0.497 e. The van der Waals surface area contributed by atoms with Crippen molar-refractivity contribution in [2.24, 2.45) is 0 Å². The van der Waals surface area contributed by atoms with E-state index in [4.69, 9.17) is 4.74 Å². The second-order valence-electron chi connectivity index (χ2n) is 6.09. The summed E-state index contributed by atoms with van der Waals surface area (Å²) in [5.74, 6) is -0.259. The number of carbonyl (C=O) groups excluding carboxylic acids is 3. The third-order valence-electron chi connectivity index (χ3n) is 4.30. The standard InChI is InChI=1S/C19H19N3O4/c1-19(13-6-4-3-5-7-13)17(24)22(18(25)21-19)12-16(23)20-14-8-10-15(26-2)11-9-14/h3-11H,12H2,1-2H3,(H,20,23)(H,21,25)/t19-/m1/s1. The molecule has 0 unspecified atom stereocenters. The maximum Gasteiger partial charge on any atom is 0.325 e. The minimum absolute atomic E-state index is 0.362. The van der Waals surface area contributed by atoms with E-state index in [1.807, 2.05) is 6.07 Å². The summed E-state index contributed by atoms with van der Waals surface area (Å²) in [4.78, 5) is 38.2. The van der Waals surface area contributed by atoms with Gasteiger partial charge < -0.3 is 15.4 Å². The molecule has 1 aliphatic heterocycles. The first kappa shape index (κ1) is 17.5. The highest BCUT2D eigenvalue weighted by Crippen LogP contribution is 2.28. The molecule has 0 saturated carbocycles. The lowest BCUT2D eigenvalue weighted by Crippen LogP contribution is -2.42. The first-order valence-electron chi connectivity index (χ1n) is 8.07. The number of rotatable bonds is 5. The van der Waals surface area contributed by atoms with Gasteiger partial charge in [0.2, 0.25) is 5.91 Å². The fraction of sp³-hybridized carbons (Fsp3) is 0.211. The van der Waals surface area contributed by atoms with Crippen LogP contribution in [-0.2, 0) is 15.1 Å². The van der Waals surface area contributed by atoms with Crippen LogP contribution in [0.25, 0.3) is 0 Å². The number of benzene rings is 2. The molecule has 134 valence electrons. The molecule has 1 atom stereocenters. The van der Waals surface area contributed by atoms with Crippen molar-refractivity contribution in [1.29, 1.82) is 0 Å². The van der Waals surface area contributed by atoms with Crippen LogP contribution in [0.4, 0.5) is 10.5 Å². The van der Waals surface area contributed by atoms with Gasteiger partial charge in [0.25, 0.3) is 5.91 Å². The lowest BCUT2D eigenvalue weighted by atomic mass is 9.92. The Labute approximate surface area is 150 Å². The molecule has 1 aliphatic rings. The van der Waals surface area contributed by atoms with E-state index in [0.717, 1.165) is 4.90 Å². The van der Waals surface area contributed by atoms with Crippen molar-refractivity contribution in [3.63, 3.8) is 0 Å². The van der Waals surface area contributed by atoms with Crippen LogP contribution in [-0.4, -0.2) is 36.4 Å². The molecule has 0 aromatic heterocycles. The number of hydrogen-bond donors (Lipinski definition) is 2. The number of amides is 4. The topological polar surface area (TPSA) is 87.7 Å². The van der Waals surface area contributed by atoms with Crippen LogP contribution in [0.5, 0.6) is 5.75 Å². The van der Waals surface area contributed by atoms with Crippen LogP contribution in [0.3, 0.4) is 0 Å². The molecule has 2 aromatic carbocycles. The van der Waals surface area contributed by atoms with Crippen molar-refractivity contribution < 1.29 is 19.1 Å². The Balaban J connectivity index is 1.70. The zero-order valence-corrected chi connectivity index (χ0v) is 14.5. The van der Waals surface area contributed by atoms with Crippen molar-refractivity contribution in [3.8, 4) is 5.75 Å². The monoisotopic (exact) mass is 353 g/mol. The van der Waals surface area contributed by atoms with E-state index in [1.165, 1.54) is 0 Å². The summed E-state index contributed by atoms with van der Waals surface area (Å²) in [6.45, 7) is 1.27. The lowest BCUT2D eigenvalue weighted by Gasteiger charge is -2.22. The molecule has 0 radical (unpaired) electrons. The molecule has 7 nitrogen and oxygen atoms in total. The smallest absolute Gasteiger partial charge is 0.325 e. The highest BCUT2D eigenvalue weighted by atomic mass is 16.5. The Bertz CT molecular complexity index is 836.